The summed E-state index contributed by atoms with van der Waals surface area (Å²) < 4.78 is 19.7. The van der Waals surface area contributed by atoms with Crippen LogP contribution in [0.2, 0.25) is 0 Å². The number of ether oxygens (including phenoxy) is 1. The van der Waals surface area contributed by atoms with Crippen LogP contribution < -0.4 is 0 Å². The fourth-order valence-electron chi connectivity index (χ4n) is 2.28. The van der Waals surface area contributed by atoms with Gasteiger partial charge in [0.15, 0.2) is 0 Å². The number of alkyl halides is 1. The summed E-state index contributed by atoms with van der Waals surface area (Å²) >= 11 is 0. The standard InChI is InChI=1S/C14H17FN4O2/c1-11(17-18-16)14(15)7-8-19(10-14)13(20)21-9-12-5-3-2-4-6-12/h2-6,11H,7-10H2,1H3. The third-order valence-electron chi connectivity index (χ3n) is 3.69. The van der Waals surface area contributed by atoms with Crippen LogP contribution in [0.25, 0.3) is 10.4 Å². The van der Waals surface area contributed by atoms with Gasteiger partial charge in [-0.3, -0.25) is 0 Å². The van der Waals surface area contributed by atoms with Gasteiger partial charge < -0.3 is 9.64 Å². The number of rotatable bonds is 4. The highest BCUT2D eigenvalue weighted by Gasteiger charge is 2.44. The maximum absolute atomic E-state index is 14.6. The Labute approximate surface area is 122 Å². The lowest BCUT2D eigenvalue weighted by molar-refractivity contribution is 0.0897. The number of benzene rings is 1. The van der Waals surface area contributed by atoms with Crippen molar-refractivity contribution in [1.29, 1.82) is 0 Å². The number of hydrogen-bond donors (Lipinski definition) is 0. The molecule has 0 aliphatic carbocycles. The summed E-state index contributed by atoms with van der Waals surface area (Å²) in [5.41, 5.74) is 7.57. The molecule has 6 nitrogen and oxygen atoms in total. The lowest BCUT2D eigenvalue weighted by Crippen LogP contribution is -2.39. The fourth-order valence-corrected chi connectivity index (χ4v) is 2.28. The molecule has 7 heteroatoms. The fraction of sp³-hybridized carbons (Fsp3) is 0.500. The summed E-state index contributed by atoms with van der Waals surface area (Å²) in [6.45, 7) is 1.82. The topological polar surface area (TPSA) is 78.3 Å². The monoisotopic (exact) mass is 292 g/mol. The van der Waals surface area contributed by atoms with Gasteiger partial charge in [0.25, 0.3) is 0 Å². The van der Waals surface area contributed by atoms with Crippen molar-refractivity contribution in [2.24, 2.45) is 5.11 Å². The van der Waals surface area contributed by atoms with Crippen molar-refractivity contribution in [2.75, 3.05) is 13.1 Å². The number of azide groups is 1. The molecule has 21 heavy (non-hydrogen) atoms. The lowest BCUT2D eigenvalue weighted by atomic mass is 9.98. The van der Waals surface area contributed by atoms with E-state index in [0.29, 0.717) is 0 Å². The van der Waals surface area contributed by atoms with Crippen molar-refractivity contribution in [2.45, 2.75) is 31.7 Å². The van der Waals surface area contributed by atoms with Crippen LogP contribution in [0, 0.1) is 0 Å². The van der Waals surface area contributed by atoms with Crippen LogP contribution in [0.4, 0.5) is 9.18 Å². The van der Waals surface area contributed by atoms with Crippen molar-refractivity contribution in [1.82, 2.24) is 4.90 Å². The second-order valence-electron chi connectivity index (χ2n) is 5.13. The van der Waals surface area contributed by atoms with E-state index in [1.165, 1.54) is 11.8 Å². The smallest absolute Gasteiger partial charge is 0.410 e. The summed E-state index contributed by atoms with van der Waals surface area (Å²) in [6, 6.07) is 8.47. The highest BCUT2D eigenvalue weighted by atomic mass is 19.1. The predicted molar refractivity (Wildman–Crippen MR) is 75.3 cm³/mol. The molecule has 0 spiro atoms. The van der Waals surface area contributed by atoms with Gasteiger partial charge in [0.2, 0.25) is 0 Å². The Hall–Kier alpha value is -2.27. The van der Waals surface area contributed by atoms with E-state index in [1.807, 2.05) is 30.3 Å². The molecule has 112 valence electrons. The number of nitrogens with zero attached hydrogens (tertiary/aromatic N) is 4. The van der Waals surface area contributed by atoms with Gasteiger partial charge in [-0.25, -0.2) is 9.18 Å². The second-order valence-corrected chi connectivity index (χ2v) is 5.13. The number of halogens is 1. The third kappa shape index (κ3) is 3.64. The van der Waals surface area contributed by atoms with E-state index in [9.17, 15) is 9.18 Å². The molecule has 2 unspecified atom stereocenters. The Morgan fingerprint density at radius 1 is 1.57 bits per heavy atom. The minimum Gasteiger partial charge on any atom is -0.445 e. The van der Waals surface area contributed by atoms with Crippen LogP contribution >= 0.6 is 0 Å². The first kappa shape index (κ1) is 15.1. The average molecular weight is 292 g/mol. The first-order valence-corrected chi connectivity index (χ1v) is 6.74. The first-order valence-electron chi connectivity index (χ1n) is 6.74. The molecule has 1 aromatic carbocycles. The molecule has 0 N–H and O–H groups in total. The average Bonchev–Trinajstić information content (AvgIpc) is 2.90. The van der Waals surface area contributed by atoms with E-state index in [1.54, 1.807) is 0 Å². The second kappa shape index (κ2) is 6.45. The summed E-state index contributed by atoms with van der Waals surface area (Å²) in [5.74, 6) is 0. The van der Waals surface area contributed by atoms with E-state index in [4.69, 9.17) is 10.3 Å². The molecule has 0 saturated carbocycles. The van der Waals surface area contributed by atoms with Gasteiger partial charge in [-0.05, 0) is 11.1 Å². The first-order chi connectivity index (χ1) is 10.0. The van der Waals surface area contributed by atoms with Crippen LogP contribution in [-0.2, 0) is 11.3 Å². The molecular weight excluding hydrogens is 275 g/mol. The maximum atomic E-state index is 14.6. The quantitative estimate of drug-likeness (QED) is 0.484. The molecule has 0 aromatic heterocycles. The van der Waals surface area contributed by atoms with Crippen LogP contribution in [0.3, 0.4) is 0 Å². The maximum Gasteiger partial charge on any atom is 0.410 e. The molecule has 1 aliphatic rings. The third-order valence-corrected chi connectivity index (χ3v) is 3.69. The Balaban J connectivity index is 1.89. The van der Waals surface area contributed by atoms with Gasteiger partial charge in [-0.2, -0.15) is 0 Å². The number of carbonyl (C=O) groups is 1. The van der Waals surface area contributed by atoms with Crippen molar-refractivity contribution >= 4 is 6.09 Å². The molecule has 2 atom stereocenters. The van der Waals surface area contributed by atoms with E-state index < -0.39 is 17.8 Å². The summed E-state index contributed by atoms with van der Waals surface area (Å²) in [6.07, 6.45) is -0.403. The molecular formula is C14H17FN4O2. The number of likely N-dealkylation sites (tertiary alicyclic amines) is 1. The molecule has 1 amide bonds. The zero-order valence-corrected chi connectivity index (χ0v) is 11.8. The summed E-state index contributed by atoms with van der Waals surface area (Å²) in [7, 11) is 0. The van der Waals surface area contributed by atoms with Gasteiger partial charge in [0.05, 0.1) is 12.6 Å². The minimum absolute atomic E-state index is 0.110. The zero-order chi connectivity index (χ0) is 15.3. The molecule has 1 heterocycles. The Bertz CT molecular complexity index is 547. The Kier molecular flexibility index (Phi) is 4.65. The van der Waals surface area contributed by atoms with E-state index >= 15 is 0 Å². The molecule has 0 bridgehead atoms. The number of hydrogen-bond acceptors (Lipinski definition) is 3. The van der Waals surface area contributed by atoms with Crippen molar-refractivity contribution in [3.8, 4) is 0 Å². The van der Waals surface area contributed by atoms with Gasteiger partial charge in [-0.1, -0.05) is 42.4 Å². The Morgan fingerprint density at radius 2 is 2.29 bits per heavy atom. The molecule has 1 aromatic rings. The van der Waals surface area contributed by atoms with Crippen LogP contribution in [0.15, 0.2) is 35.4 Å². The van der Waals surface area contributed by atoms with E-state index in [-0.39, 0.29) is 26.1 Å². The van der Waals surface area contributed by atoms with Crippen molar-refractivity contribution in [3.63, 3.8) is 0 Å². The van der Waals surface area contributed by atoms with Crippen LogP contribution in [0.5, 0.6) is 0 Å². The molecule has 2 rings (SSSR count). The molecule has 1 aliphatic heterocycles. The van der Waals surface area contributed by atoms with Crippen molar-refractivity contribution in [3.05, 3.63) is 46.3 Å². The summed E-state index contributed by atoms with van der Waals surface area (Å²) in [4.78, 5) is 15.9. The van der Waals surface area contributed by atoms with E-state index in [0.717, 1.165) is 5.56 Å². The summed E-state index contributed by atoms with van der Waals surface area (Å²) in [5, 5.41) is 3.39. The number of carbonyl (C=O) groups excluding carboxylic acids is 1. The molecule has 1 saturated heterocycles. The normalized spacial score (nSPS) is 22.5. The minimum atomic E-state index is -1.68. The lowest BCUT2D eigenvalue weighted by Gasteiger charge is -2.23. The molecule has 1 fully saturated rings. The van der Waals surface area contributed by atoms with Crippen LogP contribution in [-0.4, -0.2) is 35.8 Å². The van der Waals surface area contributed by atoms with Gasteiger partial charge >= 0.3 is 6.09 Å². The molecule has 0 radical (unpaired) electrons. The van der Waals surface area contributed by atoms with E-state index in [2.05, 4.69) is 10.0 Å². The highest BCUT2D eigenvalue weighted by molar-refractivity contribution is 5.68. The van der Waals surface area contributed by atoms with Crippen LogP contribution in [0.1, 0.15) is 18.9 Å². The highest BCUT2D eigenvalue weighted by Crippen LogP contribution is 2.31. The zero-order valence-electron chi connectivity index (χ0n) is 11.8. The SMILES string of the molecule is CC(N=[N+]=[N-])C1(F)CCN(C(=O)OCc2ccccc2)C1. The number of amides is 1. The Morgan fingerprint density at radius 3 is 2.95 bits per heavy atom. The van der Waals surface area contributed by atoms with Gasteiger partial charge in [-0.15, -0.1) is 0 Å². The van der Waals surface area contributed by atoms with Gasteiger partial charge in [0, 0.05) is 17.9 Å². The largest absolute Gasteiger partial charge is 0.445 e. The predicted octanol–water partition coefficient (Wildman–Crippen LogP) is 3.44. The van der Waals surface area contributed by atoms with Gasteiger partial charge in [0.1, 0.15) is 12.3 Å². The van der Waals surface area contributed by atoms with Crippen molar-refractivity contribution < 1.29 is 13.9 Å².